The van der Waals surface area contributed by atoms with Crippen LogP contribution >= 0.6 is 0 Å². The van der Waals surface area contributed by atoms with Gasteiger partial charge in [-0.15, -0.1) is 0 Å². The van der Waals surface area contributed by atoms with Crippen molar-refractivity contribution in [2.24, 2.45) is 0 Å². The predicted octanol–water partition coefficient (Wildman–Crippen LogP) is 3.83. The second kappa shape index (κ2) is 7.62. The lowest BCUT2D eigenvalue weighted by Gasteiger charge is -2.10. The lowest BCUT2D eigenvalue weighted by atomic mass is 10.2. The smallest absolute Gasteiger partial charge is 0.331 e. The summed E-state index contributed by atoms with van der Waals surface area (Å²) in [6.07, 6.45) is 4.08. The molecule has 0 saturated carbocycles. The normalized spacial score (nSPS) is 12.7. The van der Waals surface area contributed by atoms with Gasteiger partial charge in [0.15, 0.2) is 0 Å². The summed E-state index contributed by atoms with van der Waals surface area (Å²) in [5, 5.41) is 0. The van der Waals surface area contributed by atoms with Gasteiger partial charge >= 0.3 is 5.97 Å². The molecule has 0 aliphatic heterocycles. The third-order valence-electron chi connectivity index (χ3n) is 2.53. The van der Waals surface area contributed by atoms with E-state index in [0.29, 0.717) is 0 Å². The van der Waals surface area contributed by atoms with Gasteiger partial charge in [-0.2, -0.15) is 0 Å². The van der Waals surface area contributed by atoms with Gasteiger partial charge in [-0.25, -0.2) is 4.79 Å². The van der Waals surface area contributed by atoms with Gasteiger partial charge in [-0.1, -0.05) is 19.1 Å². The van der Waals surface area contributed by atoms with Crippen LogP contribution in [0.1, 0.15) is 39.7 Å². The molecule has 3 heteroatoms. The maximum atomic E-state index is 11.5. The van der Waals surface area contributed by atoms with E-state index < -0.39 is 0 Å². The summed E-state index contributed by atoms with van der Waals surface area (Å²) in [5.41, 5.74) is 0.916. The zero-order valence-electron chi connectivity index (χ0n) is 12.1. The molecule has 1 unspecified atom stereocenters. The second-order valence-electron chi connectivity index (χ2n) is 4.73. The van der Waals surface area contributed by atoms with Gasteiger partial charge in [0.25, 0.3) is 0 Å². The molecule has 0 heterocycles. The van der Waals surface area contributed by atoms with Crippen LogP contribution in [-0.2, 0) is 9.53 Å². The van der Waals surface area contributed by atoms with Gasteiger partial charge in [-0.05, 0) is 51.0 Å². The second-order valence-corrected chi connectivity index (χ2v) is 4.73. The van der Waals surface area contributed by atoms with Crippen molar-refractivity contribution in [3.05, 3.63) is 35.9 Å². The van der Waals surface area contributed by atoms with E-state index in [9.17, 15) is 4.79 Å². The van der Waals surface area contributed by atoms with Crippen molar-refractivity contribution in [3.8, 4) is 5.75 Å². The quantitative estimate of drug-likeness (QED) is 0.577. The van der Waals surface area contributed by atoms with Gasteiger partial charge in [0.05, 0.1) is 12.2 Å². The SMILES string of the molecule is CCC(C)OC(=O)C=Cc1cccc(OC(C)C)c1. The molecule has 1 aromatic rings. The van der Waals surface area contributed by atoms with E-state index >= 15 is 0 Å². The first-order valence-electron chi connectivity index (χ1n) is 6.66. The van der Waals surface area contributed by atoms with E-state index in [0.717, 1.165) is 17.7 Å². The molecular weight excluding hydrogens is 240 g/mol. The topological polar surface area (TPSA) is 35.5 Å². The fourth-order valence-electron chi connectivity index (χ4n) is 1.45. The number of hydrogen-bond donors (Lipinski definition) is 0. The molecule has 0 N–H and O–H groups in total. The van der Waals surface area contributed by atoms with Crippen molar-refractivity contribution in [1.82, 2.24) is 0 Å². The number of carbonyl (C=O) groups is 1. The van der Waals surface area contributed by atoms with E-state index in [-0.39, 0.29) is 18.2 Å². The van der Waals surface area contributed by atoms with Crippen LogP contribution < -0.4 is 4.74 Å². The Balaban J connectivity index is 2.63. The van der Waals surface area contributed by atoms with Gasteiger partial charge in [0, 0.05) is 6.08 Å². The summed E-state index contributed by atoms with van der Waals surface area (Å²) in [6.45, 7) is 7.81. The van der Waals surface area contributed by atoms with E-state index in [4.69, 9.17) is 9.47 Å². The highest BCUT2D eigenvalue weighted by atomic mass is 16.5. The molecular formula is C16H22O3. The molecule has 0 spiro atoms. The van der Waals surface area contributed by atoms with Crippen molar-refractivity contribution < 1.29 is 14.3 Å². The van der Waals surface area contributed by atoms with Crippen LogP contribution in [0.4, 0.5) is 0 Å². The molecule has 0 bridgehead atoms. The Kier molecular flexibility index (Phi) is 6.13. The number of esters is 1. The molecule has 3 nitrogen and oxygen atoms in total. The molecule has 0 aliphatic rings. The number of benzene rings is 1. The summed E-state index contributed by atoms with van der Waals surface area (Å²) in [7, 11) is 0. The van der Waals surface area contributed by atoms with Crippen LogP contribution in [0.3, 0.4) is 0 Å². The average molecular weight is 262 g/mol. The maximum absolute atomic E-state index is 11.5. The van der Waals surface area contributed by atoms with Gasteiger partial charge in [-0.3, -0.25) is 0 Å². The Hall–Kier alpha value is -1.77. The third kappa shape index (κ3) is 6.09. The monoisotopic (exact) mass is 262 g/mol. The summed E-state index contributed by atoms with van der Waals surface area (Å²) in [6, 6.07) is 7.61. The number of rotatable bonds is 6. The predicted molar refractivity (Wildman–Crippen MR) is 77.1 cm³/mol. The Bertz CT molecular complexity index is 435. The zero-order chi connectivity index (χ0) is 14.3. The lowest BCUT2D eigenvalue weighted by molar-refractivity contribution is -0.142. The standard InChI is InChI=1S/C16H22O3/c1-5-13(4)19-16(17)10-9-14-7-6-8-15(11-14)18-12(2)3/h6-13H,5H2,1-4H3. The molecule has 0 aromatic heterocycles. The van der Waals surface area contributed by atoms with E-state index in [1.807, 2.05) is 52.0 Å². The lowest BCUT2D eigenvalue weighted by Crippen LogP contribution is -2.11. The van der Waals surface area contributed by atoms with Crippen LogP contribution in [0.2, 0.25) is 0 Å². The molecule has 1 rings (SSSR count). The highest BCUT2D eigenvalue weighted by Gasteiger charge is 2.03. The number of hydrogen-bond acceptors (Lipinski definition) is 3. The third-order valence-corrected chi connectivity index (χ3v) is 2.53. The zero-order valence-corrected chi connectivity index (χ0v) is 12.1. The summed E-state index contributed by atoms with van der Waals surface area (Å²) < 4.78 is 10.8. The largest absolute Gasteiger partial charge is 0.491 e. The fraction of sp³-hybridized carbons (Fsp3) is 0.438. The molecule has 1 atom stereocenters. The maximum Gasteiger partial charge on any atom is 0.331 e. The van der Waals surface area contributed by atoms with Crippen LogP contribution in [0.25, 0.3) is 6.08 Å². The highest BCUT2D eigenvalue weighted by molar-refractivity contribution is 5.87. The van der Waals surface area contributed by atoms with Crippen molar-refractivity contribution in [3.63, 3.8) is 0 Å². The minimum Gasteiger partial charge on any atom is -0.491 e. The molecule has 0 saturated heterocycles. The Morgan fingerprint density at radius 1 is 1.32 bits per heavy atom. The van der Waals surface area contributed by atoms with Crippen LogP contribution in [0, 0.1) is 0 Å². The molecule has 0 aliphatic carbocycles. The van der Waals surface area contributed by atoms with Gasteiger partial charge in [0.2, 0.25) is 0 Å². The Morgan fingerprint density at radius 3 is 2.68 bits per heavy atom. The molecule has 104 valence electrons. The first kappa shape index (κ1) is 15.3. The van der Waals surface area contributed by atoms with Crippen molar-refractivity contribution >= 4 is 12.0 Å². The van der Waals surface area contributed by atoms with Crippen LogP contribution in [0.5, 0.6) is 5.75 Å². The first-order valence-corrected chi connectivity index (χ1v) is 6.66. The molecule has 0 radical (unpaired) electrons. The van der Waals surface area contributed by atoms with Crippen LogP contribution in [0.15, 0.2) is 30.3 Å². The fourth-order valence-corrected chi connectivity index (χ4v) is 1.45. The van der Waals surface area contributed by atoms with E-state index in [1.165, 1.54) is 6.08 Å². The molecule has 1 aromatic carbocycles. The van der Waals surface area contributed by atoms with E-state index in [2.05, 4.69) is 0 Å². The minimum absolute atomic E-state index is 0.0484. The first-order chi connectivity index (χ1) is 9.01. The van der Waals surface area contributed by atoms with Crippen molar-refractivity contribution in [1.29, 1.82) is 0 Å². The van der Waals surface area contributed by atoms with Crippen LogP contribution in [-0.4, -0.2) is 18.2 Å². The number of ether oxygens (including phenoxy) is 2. The van der Waals surface area contributed by atoms with E-state index in [1.54, 1.807) is 6.08 Å². The highest BCUT2D eigenvalue weighted by Crippen LogP contribution is 2.16. The van der Waals surface area contributed by atoms with Gasteiger partial charge < -0.3 is 9.47 Å². The molecule has 0 amide bonds. The van der Waals surface area contributed by atoms with Crippen molar-refractivity contribution in [2.75, 3.05) is 0 Å². The summed E-state index contributed by atoms with van der Waals surface area (Å²) >= 11 is 0. The minimum atomic E-state index is -0.315. The number of carbonyl (C=O) groups excluding carboxylic acids is 1. The van der Waals surface area contributed by atoms with Gasteiger partial charge in [0.1, 0.15) is 5.75 Å². The summed E-state index contributed by atoms with van der Waals surface area (Å²) in [4.78, 5) is 11.5. The van der Waals surface area contributed by atoms with Crippen molar-refractivity contribution in [2.45, 2.75) is 46.3 Å². The molecule has 19 heavy (non-hydrogen) atoms. The Labute approximate surface area is 115 Å². The Morgan fingerprint density at radius 2 is 2.05 bits per heavy atom. The molecule has 0 fully saturated rings. The summed E-state index contributed by atoms with van der Waals surface area (Å²) in [5.74, 6) is 0.483. The average Bonchev–Trinajstić information content (AvgIpc) is 2.36.